The SMILES string of the molecule is CC(C)c1ccc(SCC(=O)c2ccc(CCNS(C)(=O)=O)s2)cc1. The average molecular weight is 398 g/mol. The number of sulfonamides is 1. The molecule has 4 nitrogen and oxygen atoms in total. The summed E-state index contributed by atoms with van der Waals surface area (Å²) in [5.41, 5.74) is 1.29. The first-order valence-corrected chi connectivity index (χ1v) is 11.7. The molecule has 0 aliphatic rings. The first-order valence-electron chi connectivity index (χ1n) is 8.04. The molecule has 0 bridgehead atoms. The summed E-state index contributed by atoms with van der Waals surface area (Å²) in [4.78, 5) is 15.1. The highest BCUT2D eigenvalue weighted by Crippen LogP contribution is 2.24. The van der Waals surface area contributed by atoms with E-state index in [1.165, 1.54) is 28.7 Å². The maximum atomic E-state index is 12.3. The number of hydrogen-bond donors (Lipinski definition) is 1. The number of ketones is 1. The minimum Gasteiger partial charge on any atom is -0.292 e. The number of carbonyl (C=O) groups excluding carboxylic acids is 1. The second kappa shape index (κ2) is 8.98. The molecule has 1 N–H and O–H groups in total. The lowest BCUT2D eigenvalue weighted by Gasteiger charge is -2.06. The molecule has 1 aromatic heterocycles. The number of hydrogen-bond acceptors (Lipinski definition) is 5. The summed E-state index contributed by atoms with van der Waals surface area (Å²) in [5.74, 6) is 1.01. The van der Waals surface area contributed by atoms with Crippen LogP contribution in [0.5, 0.6) is 0 Å². The van der Waals surface area contributed by atoms with Gasteiger partial charge < -0.3 is 0 Å². The van der Waals surface area contributed by atoms with Gasteiger partial charge in [0.25, 0.3) is 0 Å². The van der Waals surface area contributed by atoms with E-state index in [1.807, 2.05) is 12.1 Å². The van der Waals surface area contributed by atoms with E-state index in [4.69, 9.17) is 0 Å². The minimum absolute atomic E-state index is 0.102. The molecule has 0 radical (unpaired) electrons. The van der Waals surface area contributed by atoms with Crippen LogP contribution in [-0.4, -0.2) is 32.8 Å². The number of rotatable bonds is 9. The second-order valence-corrected chi connectivity index (χ2v) is 10.2. The van der Waals surface area contributed by atoms with Crippen molar-refractivity contribution in [2.24, 2.45) is 0 Å². The van der Waals surface area contributed by atoms with E-state index in [0.29, 0.717) is 24.6 Å². The maximum absolute atomic E-state index is 12.3. The summed E-state index contributed by atoms with van der Waals surface area (Å²) >= 11 is 2.98. The van der Waals surface area contributed by atoms with E-state index in [-0.39, 0.29) is 5.78 Å². The Morgan fingerprint density at radius 2 is 1.84 bits per heavy atom. The lowest BCUT2D eigenvalue weighted by atomic mass is 10.0. The van der Waals surface area contributed by atoms with E-state index in [1.54, 1.807) is 0 Å². The van der Waals surface area contributed by atoms with Gasteiger partial charge in [0.15, 0.2) is 5.78 Å². The van der Waals surface area contributed by atoms with Crippen molar-refractivity contribution in [1.29, 1.82) is 0 Å². The van der Waals surface area contributed by atoms with E-state index in [9.17, 15) is 13.2 Å². The molecule has 0 aliphatic heterocycles. The Balaban J connectivity index is 1.84. The Labute approximate surface area is 158 Å². The first-order chi connectivity index (χ1) is 11.7. The minimum atomic E-state index is -3.17. The van der Waals surface area contributed by atoms with Crippen LogP contribution in [0.4, 0.5) is 0 Å². The topological polar surface area (TPSA) is 63.2 Å². The lowest BCUT2D eigenvalue weighted by molar-refractivity contribution is 0.102. The fourth-order valence-electron chi connectivity index (χ4n) is 2.19. The summed E-state index contributed by atoms with van der Waals surface area (Å²) in [6, 6.07) is 12.0. The van der Waals surface area contributed by atoms with Gasteiger partial charge >= 0.3 is 0 Å². The molecule has 1 aromatic carbocycles. The summed E-state index contributed by atoms with van der Waals surface area (Å²) in [7, 11) is -3.17. The molecule has 0 saturated heterocycles. The van der Waals surface area contributed by atoms with E-state index in [2.05, 4.69) is 42.8 Å². The summed E-state index contributed by atoms with van der Waals surface area (Å²) in [6.45, 7) is 4.67. The van der Waals surface area contributed by atoms with Crippen LogP contribution in [0, 0.1) is 0 Å². The van der Waals surface area contributed by atoms with Crippen LogP contribution in [0.3, 0.4) is 0 Å². The van der Waals surface area contributed by atoms with Crippen molar-refractivity contribution in [2.45, 2.75) is 31.1 Å². The third-order valence-corrected chi connectivity index (χ3v) is 6.52. The largest absolute Gasteiger partial charge is 0.292 e. The smallest absolute Gasteiger partial charge is 0.208 e. The van der Waals surface area contributed by atoms with Gasteiger partial charge in [-0.3, -0.25) is 4.79 Å². The average Bonchev–Trinajstić information content (AvgIpc) is 3.00. The van der Waals surface area contributed by atoms with Crippen molar-refractivity contribution in [2.75, 3.05) is 18.6 Å². The zero-order valence-corrected chi connectivity index (χ0v) is 17.1. The Morgan fingerprint density at radius 1 is 1.16 bits per heavy atom. The third kappa shape index (κ3) is 6.93. The zero-order valence-electron chi connectivity index (χ0n) is 14.6. The van der Waals surface area contributed by atoms with Crippen LogP contribution in [-0.2, 0) is 16.4 Å². The summed E-state index contributed by atoms with van der Waals surface area (Å²) in [6.07, 6.45) is 1.73. The van der Waals surface area contributed by atoms with Gasteiger partial charge in [-0.1, -0.05) is 26.0 Å². The molecule has 0 unspecified atom stereocenters. The summed E-state index contributed by atoms with van der Waals surface area (Å²) < 4.78 is 24.6. The highest BCUT2D eigenvalue weighted by atomic mass is 32.2. The Bertz CT molecular complexity index is 808. The van der Waals surface area contributed by atoms with Crippen molar-refractivity contribution in [3.05, 3.63) is 51.7 Å². The quantitative estimate of drug-likeness (QED) is 0.514. The number of nitrogens with one attached hydrogen (secondary N) is 1. The lowest BCUT2D eigenvalue weighted by Crippen LogP contribution is -2.23. The molecule has 2 aromatic rings. The van der Waals surface area contributed by atoms with Crippen molar-refractivity contribution < 1.29 is 13.2 Å². The molecule has 0 amide bonds. The van der Waals surface area contributed by atoms with Crippen LogP contribution in [0.25, 0.3) is 0 Å². The number of benzene rings is 1. The van der Waals surface area contributed by atoms with Gasteiger partial charge in [0, 0.05) is 16.3 Å². The molecule has 0 fully saturated rings. The van der Waals surface area contributed by atoms with Crippen LogP contribution in [0.1, 0.15) is 39.9 Å². The first kappa shape index (κ1) is 20.2. The molecule has 2 rings (SSSR count). The fourth-order valence-corrected chi connectivity index (χ4v) is 4.48. The maximum Gasteiger partial charge on any atom is 0.208 e. The van der Waals surface area contributed by atoms with Crippen molar-refractivity contribution in [1.82, 2.24) is 4.72 Å². The van der Waals surface area contributed by atoms with Gasteiger partial charge in [-0.2, -0.15) is 0 Å². The zero-order chi connectivity index (χ0) is 18.4. The van der Waals surface area contributed by atoms with Gasteiger partial charge in [-0.25, -0.2) is 13.1 Å². The molecular formula is C18H23NO3S3. The fraction of sp³-hybridized carbons (Fsp3) is 0.389. The van der Waals surface area contributed by atoms with Crippen molar-refractivity contribution >= 4 is 38.9 Å². The molecule has 1 heterocycles. The predicted molar refractivity (Wildman–Crippen MR) is 106 cm³/mol. The molecule has 7 heteroatoms. The number of thiophene rings is 1. The van der Waals surface area contributed by atoms with Gasteiger partial charge in [-0.05, 0) is 42.2 Å². The van der Waals surface area contributed by atoms with Crippen molar-refractivity contribution in [3.8, 4) is 0 Å². The number of carbonyl (C=O) groups is 1. The van der Waals surface area contributed by atoms with Crippen LogP contribution in [0.15, 0.2) is 41.3 Å². The van der Waals surface area contributed by atoms with E-state index >= 15 is 0 Å². The Kier molecular flexibility index (Phi) is 7.25. The standard InChI is InChI=1S/C18H23NO3S3/c1-13(2)14-4-6-15(7-5-14)23-12-17(20)18-9-8-16(24-18)10-11-19-25(3,21)22/h4-9,13,19H,10-12H2,1-3H3. The normalized spacial score (nSPS) is 11.8. The Hall–Kier alpha value is -1.15. The van der Waals surface area contributed by atoms with Crippen LogP contribution < -0.4 is 4.72 Å². The Morgan fingerprint density at radius 3 is 2.44 bits per heavy atom. The molecule has 0 spiro atoms. The molecule has 0 saturated carbocycles. The van der Waals surface area contributed by atoms with Gasteiger partial charge in [0.1, 0.15) is 0 Å². The monoisotopic (exact) mass is 397 g/mol. The highest BCUT2D eigenvalue weighted by Gasteiger charge is 2.11. The van der Waals surface area contributed by atoms with Gasteiger partial charge in [-0.15, -0.1) is 23.1 Å². The molecule has 0 aliphatic carbocycles. The van der Waals surface area contributed by atoms with E-state index < -0.39 is 10.0 Å². The van der Waals surface area contributed by atoms with E-state index in [0.717, 1.165) is 20.9 Å². The van der Waals surface area contributed by atoms with Crippen LogP contribution >= 0.6 is 23.1 Å². The second-order valence-electron chi connectivity index (χ2n) is 6.12. The molecule has 25 heavy (non-hydrogen) atoms. The number of Topliss-reactive ketones (excluding diaryl/α,β-unsaturated/α-hetero) is 1. The van der Waals surface area contributed by atoms with Gasteiger partial charge in [0.2, 0.25) is 10.0 Å². The van der Waals surface area contributed by atoms with Crippen molar-refractivity contribution in [3.63, 3.8) is 0 Å². The van der Waals surface area contributed by atoms with Crippen LogP contribution in [0.2, 0.25) is 0 Å². The number of thioether (sulfide) groups is 1. The van der Waals surface area contributed by atoms with Gasteiger partial charge in [0.05, 0.1) is 16.9 Å². The summed E-state index contributed by atoms with van der Waals surface area (Å²) in [5, 5.41) is 0. The third-order valence-electron chi connectivity index (χ3n) is 3.59. The predicted octanol–water partition coefficient (Wildman–Crippen LogP) is 3.94. The molecule has 136 valence electrons. The molecule has 0 atom stereocenters. The highest BCUT2D eigenvalue weighted by molar-refractivity contribution is 8.00. The molecular weight excluding hydrogens is 374 g/mol.